The van der Waals surface area contributed by atoms with Crippen molar-refractivity contribution in [3.63, 3.8) is 0 Å². The zero-order chi connectivity index (χ0) is 15.5. The van der Waals surface area contributed by atoms with Crippen molar-refractivity contribution < 1.29 is 20.1 Å². The van der Waals surface area contributed by atoms with Crippen LogP contribution in [0.5, 0.6) is 11.5 Å². The fraction of sp³-hybridized carbons (Fsp3) is 0.250. The van der Waals surface area contributed by atoms with Crippen molar-refractivity contribution in [2.75, 3.05) is 0 Å². The molecular weight excluding hydrogens is 256 g/mol. The van der Waals surface area contributed by atoms with Gasteiger partial charge in [0.25, 0.3) is 0 Å². The number of phenolic OH excluding ortho intramolecular Hbond substituents is 2. The lowest BCUT2D eigenvalue weighted by atomic mass is 9.93. The Balaban J connectivity index is 3.30. The van der Waals surface area contributed by atoms with E-state index in [4.69, 9.17) is 0 Å². The molecule has 0 aliphatic heterocycles. The van der Waals surface area contributed by atoms with Crippen molar-refractivity contribution in [3.8, 4) is 11.5 Å². The molecule has 1 atom stereocenters. The number of hydrogen-bond donors (Lipinski definition) is 3. The molecule has 0 saturated heterocycles. The van der Waals surface area contributed by atoms with Crippen LogP contribution in [0.25, 0.3) is 5.57 Å². The molecule has 4 nitrogen and oxygen atoms in total. The number of allylic oxidation sites excluding steroid dienone is 1. The second-order valence-corrected chi connectivity index (χ2v) is 4.85. The van der Waals surface area contributed by atoms with Crippen molar-refractivity contribution in [1.29, 1.82) is 0 Å². The summed E-state index contributed by atoms with van der Waals surface area (Å²) in [5.41, 5.74) is 2.37. The Bertz CT molecular complexity index is 605. The van der Waals surface area contributed by atoms with E-state index in [0.717, 1.165) is 0 Å². The topological polar surface area (TPSA) is 77.8 Å². The molecule has 0 unspecified atom stereocenters. The van der Waals surface area contributed by atoms with Crippen LogP contribution in [0.15, 0.2) is 37.1 Å². The fourth-order valence-electron chi connectivity index (χ4n) is 1.64. The summed E-state index contributed by atoms with van der Waals surface area (Å²) in [4.78, 5) is 12.1. The molecule has 0 heterocycles. The Morgan fingerprint density at radius 1 is 1.45 bits per heavy atom. The molecule has 106 valence electrons. The highest BCUT2D eigenvalue weighted by atomic mass is 16.3. The van der Waals surface area contributed by atoms with Gasteiger partial charge in [-0.1, -0.05) is 12.7 Å². The number of Topliss-reactive ketones (excluding diaryl/α,β-unsaturated/α-hetero) is 1. The van der Waals surface area contributed by atoms with Gasteiger partial charge in [0, 0.05) is 6.42 Å². The van der Waals surface area contributed by atoms with E-state index in [1.165, 1.54) is 25.1 Å². The average Bonchev–Trinajstić information content (AvgIpc) is 2.40. The molecule has 0 fully saturated rings. The minimum Gasteiger partial charge on any atom is -0.504 e. The molecule has 1 rings (SSSR count). The maximum atomic E-state index is 12.1. The second-order valence-electron chi connectivity index (χ2n) is 4.85. The average molecular weight is 274 g/mol. The van der Waals surface area contributed by atoms with Crippen molar-refractivity contribution in [3.05, 3.63) is 48.2 Å². The monoisotopic (exact) mass is 274 g/mol. The fourth-order valence-corrected chi connectivity index (χ4v) is 1.64. The summed E-state index contributed by atoms with van der Waals surface area (Å²) in [6.45, 7) is 10.1. The summed E-state index contributed by atoms with van der Waals surface area (Å²) < 4.78 is 0. The molecule has 0 spiro atoms. The van der Waals surface area contributed by atoms with Gasteiger partial charge in [-0.15, -0.1) is 12.3 Å². The summed E-state index contributed by atoms with van der Waals surface area (Å²) in [5.74, 6) is -1.41. The number of rotatable bonds is 5. The van der Waals surface area contributed by atoms with Gasteiger partial charge in [-0.2, -0.15) is 0 Å². The van der Waals surface area contributed by atoms with Crippen LogP contribution in [0.4, 0.5) is 0 Å². The Morgan fingerprint density at radius 3 is 2.55 bits per heavy atom. The molecule has 0 amide bonds. The number of aromatic hydroxyl groups is 2. The van der Waals surface area contributed by atoms with Gasteiger partial charge in [-0.25, -0.2) is 0 Å². The number of hydrogen-bond acceptors (Lipinski definition) is 4. The van der Waals surface area contributed by atoms with Crippen LogP contribution in [0.2, 0.25) is 0 Å². The summed E-state index contributed by atoms with van der Waals surface area (Å²) in [6, 6.07) is 2.76. The first kappa shape index (κ1) is 15.8. The lowest BCUT2D eigenvalue weighted by Crippen LogP contribution is -2.24. The SMILES string of the molecule is C=C=C(C)c1cc(O)c(O)c(C(=O)C[C@](C)(O)C=C)c1. The van der Waals surface area contributed by atoms with Gasteiger partial charge in [0.2, 0.25) is 0 Å². The standard InChI is InChI=1S/C16H18O4/c1-5-10(3)11-7-12(15(19)13(17)8-11)14(18)9-16(4,20)6-2/h6-8,17,19-20H,1-2,9H2,3-4H3/t16-/m1/s1. The molecule has 0 aliphatic carbocycles. The van der Waals surface area contributed by atoms with Crippen molar-refractivity contribution in [1.82, 2.24) is 0 Å². The molecule has 1 aromatic carbocycles. The minimum atomic E-state index is -1.38. The summed E-state index contributed by atoms with van der Waals surface area (Å²) in [7, 11) is 0. The summed E-state index contributed by atoms with van der Waals surface area (Å²) >= 11 is 0. The smallest absolute Gasteiger partial charge is 0.169 e. The highest BCUT2D eigenvalue weighted by Gasteiger charge is 2.24. The molecular formula is C16H18O4. The molecule has 3 N–H and O–H groups in total. The van der Waals surface area contributed by atoms with E-state index < -0.39 is 22.9 Å². The molecule has 0 saturated carbocycles. The highest BCUT2D eigenvalue weighted by molar-refractivity contribution is 6.00. The van der Waals surface area contributed by atoms with Crippen LogP contribution < -0.4 is 0 Å². The Kier molecular flexibility index (Phi) is 4.56. The number of carbonyl (C=O) groups excluding carboxylic acids is 1. The Labute approximate surface area is 118 Å². The largest absolute Gasteiger partial charge is 0.504 e. The lowest BCUT2D eigenvalue weighted by Gasteiger charge is -2.18. The van der Waals surface area contributed by atoms with Crippen molar-refractivity contribution >= 4 is 11.4 Å². The second kappa shape index (κ2) is 5.78. The number of benzene rings is 1. The van der Waals surface area contributed by atoms with E-state index in [9.17, 15) is 20.1 Å². The number of aliphatic hydroxyl groups is 1. The molecule has 0 aromatic heterocycles. The first-order chi connectivity index (χ1) is 9.21. The quantitative estimate of drug-likeness (QED) is 0.334. The Morgan fingerprint density at radius 2 is 2.05 bits per heavy atom. The van der Waals surface area contributed by atoms with E-state index in [1.807, 2.05) is 0 Å². The maximum absolute atomic E-state index is 12.1. The van der Waals surface area contributed by atoms with Crippen LogP contribution in [0.1, 0.15) is 36.2 Å². The normalized spacial score (nSPS) is 13.2. The molecule has 0 bridgehead atoms. The number of phenols is 2. The van der Waals surface area contributed by atoms with E-state index in [0.29, 0.717) is 11.1 Å². The summed E-state index contributed by atoms with van der Waals surface area (Å²) in [5, 5.41) is 29.3. The summed E-state index contributed by atoms with van der Waals surface area (Å²) in [6.07, 6.45) is 1.00. The third-order valence-electron chi connectivity index (χ3n) is 3.05. The van der Waals surface area contributed by atoms with Crippen molar-refractivity contribution in [2.24, 2.45) is 0 Å². The molecule has 20 heavy (non-hydrogen) atoms. The van der Waals surface area contributed by atoms with Crippen LogP contribution >= 0.6 is 0 Å². The van der Waals surface area contributed by atoms with Crippen LogP contribution in [-0.4, -0.2) is 26.7 Å². The van der Waals surface area contributed by atoms with Crippen LogP contribution in [0.3, 0.4) is 0 Å². The van der Waals surface area contributed by atoms with Crippen molar-refractivity contribution in [2.45, 2.75) is 25.9 Å². The van der Waals surface area contributed by atoms with Gasteiger partial charge in [0.1, 0.15) is 0 Å². The highest BCUT2D eigenvalue weighted by Crippen LogP contribution is 2.34. The lowest BCUT2D eigenvalue weighted by molar-refractivity contribution is 0.0733. The molecule has 4 heteroatoms. The van der Waals surface area contributed by atoms with Crippen LogP contribution in [0, 0.1) is 0 Å². The first-order valence-corrected chi connectivity index (χ1v) is 6.04. The van der Waals surface area contributed by atoms with E-state index >= 15 is 0 Å². The Hall–Kier alpha value is -2.29. The maximum Gasteiger partial charge on any atom is 0.169 e. The van der Waals surface area contributed by atoms with Gasteiger partial charge >= 0.3 is 0 Å². The zero-order valence-corrected chi connectivity index (χ0v) is 11.6. The van der Waals surface area contributed by atoms with Gasteiger partial charge in [-0.3, -0.25) is 4.79 Å². The number of ketones is 1. The van der Waals surface area contributed by atoms with Gasteiger partial charge in [0.15, 0.2) is 17.3 Å². The predicted octanol–water partition coefficient (Wildman–Crippen LogP) is 2.80. The third-order valence-corrected chi connectivity index (χ3v) is 3.05. The third kappa shape index (κ3) is 3.38. The predicted molar refractivity (Wildman–Crippen MR) is 77.8 cm³/mol. The first-order valence-electron chi connectivity index (χ1n) is 6.04. The van der Waals surface area contributed by atoms with E-state index in [2.05, 4.69) is 18.9 Å². The zero-order valence-electron chi connectivity index (χ0n) is 11.6. The van der Waals surface area contributed by atoms with Gasteiger partial charge < -0.3 is 15.3 Å². The van der Waals surface area contributed by atoms with Crippen LogP contribution in [-0.2, 0) is 0 Å². The molecule has 0 aliphatic rings. The molecule has 0 radical (unpaired) electrons. The van der Waals surface area contributed by atoms with Gasteiger partial charge in [-0.05, 0) is 37.1 Å². The molecule has 1 aromatic rings. The minimum absolute atomic E-state index is 0.0586. The van der Waals surface area contributed by atoms with E-state index in [-0.39, 0.29) is 12.0 Å². The number of carbonyl (C=O) groups is 1. The van der Waals surface area contributed by atoms with E-state index in [1.54, 1.807) is 6.92 Å². The van der Waals surface area contributed by atoms with Gasteiger partial charge in [0.05, 0.1) is 11.2 Å².